The van der Waals surface area contributed by atoms with Gasteiger partial charge in [0.05, 0.1) is 11.9 Å². The lowest BCUT2D eigenvalue weighted by Gasteiger charge is -2.08. The highest BCUT2D eigenvalue weighted by molar-refractivity contribution is 7.18. The summed E-state index contributed by atoms with van der Waals surface area (Å²) in [7, 11) is 0. The van der Waals surface area contributed by atoms with E-state index in [0.717, 1.165) is 16.6 Å². The van der Waals surface area contributed by atoms with Gasteiger partial charge in [-0.25, -0.2) is 9.97 Å². The van der Waals surface area contributed by atoms with Crippen molar-refractivity contribution in [3.63, 3.8) is 0 Å². The van der Waals surface area contributed by atoms with Crippen molar-refractivity contribution in [2.75, 3.05) is 25.0 Å². The first-order valence-electron chi connectivity index (χ1n) is 7.08. The first kappa shape index (κ1) is 16.2. The fourth-order valence-corrected chi connectivity index (χ4v) is 2.82. The third-order valence-electron chi connectivity index (χ3n) is 2.97. The first-order chi connectivity index (χ1) is 10.6. The fraction of sp³-hybridized carbons (Fsp3) is 0.429. The molecule has 7 nitrogen and oxygen atoms in total. The Balaban J connectivity index is 1.87. The Morgan fingerprint density at radius 1 is 1.23 bits per heavy atom. The van der Waals surface area contributed by atoms with Crippen molar-refractivity contribution in [3.8, 4) is 0 Å². The molecule has 8 heteroatoms. The first-order valence-corrected chi connectivity index (χ1v) is 7.90. The summed E-state index contributed by atoms with van der Waals surface area (Å²) in [5.74, 6) is 0.404. The third kappa shape index (κ3) is 4.39. The fourth-order valence-electron chi connectivity index (χ4n) is 1.89. The van der Waals surface area contributed by atoms with Crippen LogP contribution in [0, 0.1) is 0 Å². The number of amides is 2. The average Bonchev–Trinajstić information content (AvgIpc) is 2.93. The summed E-state index contributed by atoms with van der Waals surface area (Å²) in [4.78, 5) is 33.0. The van der Waals surface area contributed by atoms with Crippen LogP contribution >= 0.6 is 11.3 Å². The lowest BCUT2D eigenvalue weighted by atomic mass is 10.3. The second-order valence-electron chi connectivity index (χ2n) is 4.69. The molecular formula is C14H19N5O2S. The van der Waals surface area contributed by atoms with Crippen LogP contribution in [0.25, 0.3) is 10.2 Å². The minimum atomic E-state index is -0.150. The van der Waals surface area contributed by atoms with Crippen LogP contribution in [-0.4, -0.2) is 41.4 Å². The summed E-state index contributed by atoms with van der Waals surface area (Å²) in [6.07, 6.45) is 2.44. The highest BCUT2D eigenvalue weighted by Gasteiger charge is 2.09. The van der Waals surface area contributed by atoms with Crippen molar-refractivity contribution in [2.24, 2.45) is 0 Å². The lowest BCUT2D eigenvalue weighted by Crippen LogP contribution is -2.36. The summed E-state index contributed by atoms with van der Waals surface area (Å²) in [6, 6.07) is 2.05. The van der Waals surface area contributed by atoms with Gasteiger partial charge in [-0.05, 0) is 12.5 Å². The molecule has 0 aliphatic carbocycles. The molecule has 118 valence electrons. The maximum atomic E-state index is 11.7. The van der Waals surface area contributed by atoms with Gasteiger partial charge in [-0.15, -0.1) is 11.3 Å². The van der Waals surface area contributed by atoms with Gasteiger partial charge in [0.25, 0.3) is 0 Å². The summed E-state index contributed by atoms with van der Waals surface area (Å²) in [5, 5.41) is 9.30. The molecule has 3 N–H and O–H groups in total. The standard InChI is InChI=1S/C14H19N5O2S/c1-3-10-6-11-13(18-8-19-14(11)22-10)17-7-12(21)16-5-4-15-9(2)20/h6,8H,3-5,7H2,1-2H3,(H,15,20)(H,16,21)(H,17,18,19). The molecule has 0 aliphatic heterocycles. The molecule has 2 rings (SSSR count). The average molecular weight is 321 g/mol. The van der Waals surface area contributed by atoms with E-state index in [0.29, 0.717) is 18.9 Å². The van der Waals surface area contributed by atoms with Gasteiger partial charge in [0, 0.05) is 24.9 Å². The van der Waals surface area contributed by atoms with Gasteiger partial charge in [-0.2, -0.15) is 0 Å². The van der Waals surface area contributed by atoms with Crippen molar-refractivity contribution >= 4 is 39.2 Å². The molecule has 0 saturated carbocycles. The number of fused-ring (bicyclic) bond motifs is 1. The summed E-state index contributed by atoms with van der Waals surface area (Å²) in [5.41, 5.74) is 0. The SMILES string of the molecule is CCc1cc2c(NCC(=O)NCCNC(C)=O)ncnc2s1. The topological polar surface area (TPSA) is 96.0 Å². The number of nitrogens with zero attached hydrogens (tertiary/aromatic N) is 2. The van der Waals surface area contributed by atoms with Crippen LogP contribution in [0.15, 0.2) is 12.4 Å². The number of carbonyl (C=O) groups excluding carboxylic acids is 2. The normalized spacial score (nSPS) is 10.5. The zero-order chi connectivity index (χ0) is 15.9. The van der Waals surface area contributed by atoms with Gasteiger partial charge in [0.2, 0.25) is 11.8 Å². The maximum absolute atomic E-state index is 11.7. The molecule has 0 bridgehead atoms. The molecule has 2 aromatic heterocycles. The molecule has 22 heavy (non-hydrogen) atoms. The predicted octanol–water partition coefficient (Wildman–Crippen LogP) is 0.918. The summed E-state index contributed by atoms with van der Waals surface area (Å²) in [6.45, 7) is 4.48. The predicted molar refractivity (Wildman–Crippen MR) is 87.0 cm³/mol. The van der Waals surface area contributed by atoms with Crippen molar-refractivity contribution in [2.45, 2.75) is 20.3 Å². The van der Waals surface area contributed by atoms with Crippen LogP contribution in [0.1, 0.15) is 18.7 Å². The van der Waals surface area contributed by atoms with E-state index in [1.165, 1.54) is 18.1 Å². The highest BCUT2D eigenvalue weighted by Crippen LogP contribution is 2.28. The second kappa shape index (κ2) is 7.69. The number of thiophene rings is 1. The smallest absolute Gasteiger partial charge is 0.239 e. The lowest BCUT2D eigenvalue weighted by molar-refractivity contribution is -0.121. The molecule has 0 unspecified atom stereocenters. The minimum absolute atomic E-state index is 0.111. The van der Waals surface area contributed by atoms with E-state index in [1.54, 1.807) is 11.3 Å². The van der Waals surface area contributed by atoms with Crippen molar-refractivity contribution in [1.82, 2.24) is 20.6 Å². The van der Waals surface area contributed by atoms with Crippen molar-refractivity contribution in [1.29, 1.82) is 0 Å². The molecule has 0 atom stereocenters. The second-order valence-corrected chi connectivity index (χ2v) is 5.81. The number of anilines is 1. The largest absolute Gasteiger partial charge is 0.360 e. The third-order valence-corrected chi connectivity index (χ3v) is 4.15. The van der Waals surface area contributed by atoms with Gasteiger partial charge < -0.3 is 16.0 Å². The number of aromatic nitrogens is 2. The molecule has 0 radical (unpaired) electrons. The van der Waals surface area contributed by atoms with Crippen LogP contribution < -0.4 is 16.0 Å². The maximum Gasteiger partial charge on any atom is 0.239 e. The number of aryl methyl sites for hydroxylation is 1. The van der Waals surface area contributed by atoms with E-state index in [2.05, 4.69) is 38.9 Å². The van der Waals surface area contributed by atoms with Crippen LogP contribution in [0.5, 0.6) is 0 Å². The van der Waals surface area contributed by atoms with Crippen LogP contribution in [-0.2, 0) is 16.0 Å². The Bertz CT molecular complexity index is 670. The van der Waals surface area contributed by atoms with Gasteiger partial charge in [0.15, 0.2) is 0 Å². The van der Waals surface area contributed by atoms with Gasteiger partial charge in [0.1, 0.15) is 17.0 Å². The molecule has 0 aromatic carbocycles. The number of rotatable bonds is 7. The zero-order valence-electron chi connectivity index (χ0n) is 12.6. The quantitative estimate of drug-likeness (QED) is 0.659. The van der Waals surface area contributed by atoms with Gasteiger partial charge in [-0.3, -0.25) is 9.59 Å². The Hall–Kier alpha value is -2.22. The zero-order valence-corrected chi connectivity index (χ0v) is 13.4. The number of nitrogens with one attached hydrogen (secondary N) is 3. The monoisotopic (exact) mass is 321 g/mol. The van der Waals surface area contributed by atoms with Crippen LogP contribution in [0.2, 0.25) is 0 Å². The summed E-state index contributed by atoms with van der Waals surface area (Å²) >= 11 is 1.63. The molecule has 0 saturated heterocycles. The van der Waals surface area contributed by atoms with E-state index in [1.807, 2.05) is 0 Å². The number of hydrogen-bond donors (Lipinski definition) is 3. The Labute approximate surface area is 132 Å². The molecule has 0 spiro atoms. The molecule has 2 heterocycles. The van der Waals surface area contributed by atoms with Gasteiger partial charge in [-0.1, -0.05) is 6.92 Å². The minimum Gasteiger partial charge on any atom is -0.360 e. The molecule has 0 fully saturated rings. The van der Waals surface area contributed by atoms with E-state index in [4.69, 9.17) is 0 Å². The van der Waals surface area contributed by atoms with E-state index >= 15 is 0 Å². The number of carbonyl (C=O) groups is 2. The number of hydrogen-bond acceptors (Lipinski definition) is 6. The Morgan fingerprint density at radius 2 is 2.00 bits per heavy atom. The van der Waals surface area contributed by atoms with E-state index < -0.39 is 0 Å². The van der Waals surface area contributed by atoms with Crippen LogP contribution in [0.3, 0.4) is 0 Å². The Morgan fingerprint density at radius 3 is 2.73 bits per heavy atom. The van der Waals surface area contributed by atoms with Crippen molar-refractivity contribution < 1.29 is 9.59 Å². The molecule has 2 amide bonds. The van der Waals surface area contributed by atoms with E-state index in [-0.39, 0.29) is 18.4 Å². The van der Waals surface area contributed by atoms with Crippen molar-refractivity contribution in [3.05, 3.63) is 17.3 Å². The highest BCUT2D eigenvalue weighted by atomic mass is 32.1. The van der Waals surface area contributed by atoms with Gasteiger partial charge >= 0.3 is 0 Å². The summed E-state index contributed by atoms with van der Waals surface area (Å²) < 4.78 is 0. The molecule has 2 aromatic rings. The van der Waals surface area contributed by atoms with E-state index in [9.17, 15) is 9.59 Å². The van der Waals surface area contributed by atoms with Crippen LogP contribution in [0.4, 0.5) is 5.82 Å². The Kier molecular flexibility index (Phi) is 5.65. The molecular weight excluding hydrogens is 302 g/mol. The molecule has 0 aliphatic rings.